The third kappa shape index (κ3) is 3.42. The van der Waals surface area contributed by atoms with E-state index < -0.39 is 0 Å². The Labute approximate surface area is 120 Å². The standard InChI is InChI=1S/C17H21FN2/c1-4-8-20-17(16-10-12(2)7-9-19-16)15-6-5-14(18)11-13(15)3/h5-7,9-11,17,20H,4,8H2,1-3H3. The SMILES string of the molecule is CCCNC(c1cc(C)ccn1)c1ccc(F)cc1C. The Hall–Kier alpha value is -1.74. The number of aryl methyl sites for hydroxylation is 2. The highest BCUT2D eigenvalue weighted by Crippen LogP contribution is 2.24. The molecule has 2 rings (SSSR count). The molecule has 1 N–H and O–H groups in total. The fourth-order valence-corrected chi connectivity index (χ4v) is 2.34. The molecule has 0 aliphatic rings. The Kier molecular flexibility index (Phi) is 4.85. The number of pyridine rings is 1. The molecule has 106 valence electrons. The zero-order valence-electron chi connectivity index (χ0n) is 12.3. The van der Waals surface area contributed by atoms with Gasteiger partial charge >= 0.3 is 0 Å². The van der Waals surface area contributed by atoms with Crippen molar-refractivity contribution in [1.29, 1.82) is 0 Å². The van der Waals surface area contributed by atoms with Crippen LogP contribution in [0, 0.1) is 19.7 Å². The zero-order valence-corrected chi connectivity index (χ0v) is 12.3. The first kappa shape index (κ1) is 14.7. The third-order valence-corrected chi connectivity index (χ3v) is 3.37. The van der Waals surface area contributed by atoms with Gasteiger partial charge in [0.1, 0.15) is 5.82 Å². The molecule has 1 heterocycles. The monoisotopic (exact) mass is 272 g/mol. The third-order valence-electron chi connectivity index (χ3n) is 3.37. The van der Waals surface area contributed by atoms with E-state index in [1.807, 2.05) is 25.3 Å². The van der Waals surface area contributed by atoms with Crippen LogP contribution in [0.3, 0.4) is 0 Å². The van der Waals surface area contributed by atoms with Gasteiger partial charge in [0.05, 0.1) is 11.7 Å². The van der Waals surface area contributed by atoms with Crippen molar-refractivity contribution < 1.29 is 4.39 Å². The second kappa shape index (κ2) is 6.62. The summed E-state index contributed by atoms with van der Waals surface area (Å²) in [6, 6.07) is 9.01. The van der Waals surface area contributed by atoms with E-state index in [1.54, 1.807) is 6.07 Å². The van der Waals surface area contributed by atoms with Crippen LogP contribution in [-0.2, 0) is 0 Å². The number of nitrogens with one attached hydrogen (secondary N) is 1. The van der Waals surface area contributed by atoms with Crippen molar-refractivity contribution in [2.75, 3.05) is 6.54 Å². The molecule has 2 aromatic rings. The number of nitrogens with zero attached hydrogens (tertiary/aromatic N) is 1. The largest absolute Gasteiger partial charge is 0.305 e. The van der Waals surface area contributed by atoms with E-state index >= 15 is 0 Å². The van der Waals surface area contributed by atoms with E-state index in [1.165, 1.54) is 11.6 Å². The molecule has 0 bridgehead atoms. The van der Waals surface area contributed by atoms with E-state index in [0.717, 1.165) is 29.8 Å². The second-order valence-corrected chi connectivity index (χ2v) is 5.15. The van der Waals surface area contributed by atoms with Crippen LogP contribution < -0.4 is 5.32 Å². The first-order chi connectivity index (χ1) is 9.61. The minimum atomic E-state index is -0.197. The van der Waals surface area contributed by atoms with Gasteiger partial charge in [-0.15, -0.1) is 0 Å². The fraction of sp³-hybridized carbons (Fsp3) is 0.353. The second-order valence-electron chi connectivity index (χ2n) is 5.15. The molecule has 0 amide bonds. The summed E-state index contributed by atoms with van der Waals surface area (Å²) in [5.74, 6) is -0.197. The minimum absolute atomic E-state index is 0.00968. The Morgan fingerprint density at radius 2 is 2.00 bits per heavy atom. The van der Waals surface area contributed by atoms with Crippen LogP contribution in [0.2, 0.25) is 0 Å². The van der Waals surface area contributed by atoms with Gasteiger partial charge in [-0.2, -0.15) is 0 Å². The molecule has 1 unspecified atom stereocenters. The maximum atomic E-state index is 13.3. The number of halogens is 1. The molecule has 1 aromatic heterocycles. The van der Waals surface area contributed by atoms with Crippen molar-refractivity contribution in [2.24, 2.45) is 0 Å². The summed E-state index contributed by atoms with van der Waals surface area (Å²) < 4.78 is 13.3. The smallest absolute Gasteiger partial charge is 0.123 e. The Balaban J connectivity index is 2.41. The minimum Gasteiger partial charge on any atom is -0.305 e. The van der Waals surface area contributed by atoms with Gasteiger partial charge < -0.3 is 5.32 Å². The molecule has 1 atom stereocenters. The first-order valence-corrected chi connectivity index (χ1v) is 7.03. The number of rotatable bonds is 5. The number of benzene rings is 1. The number of hydrogen-bond acceptors (Lipinski definition) is 2. The van der Waals surface area contributed by atoms with Crippen molar-refractivity contribution >= 4 is 0 Å². The Morgan fingerprint density at radius 3 is 2.65 bits per heavy atom. The summed E-state index contributed by atoms with van der Waals surface area (Å²) in [5.41, 5.74) is 4.19. The summed E-state index contributed by atoms with van der Waals surface area (Å²) in [7, 11) is 0. The van der Waals surface area contributed by atoms with Crippen LogP contribution >= 0.6 is 0 Å². The van der Waals surface area contributed by atoms with E-state index in [0.29, 0.717) is 0 Å². The maximum absolute atomic E-state index is 13.3. The predicted octanol–water partition coefficient (Wildman–Crippen LogP) is 3.93. The van der Waals surface area contributed by atoms with Crippen LogP contribution in [0.5, 0.6) is 0 Å². The molecular weight excluding hydrogens is 251 g/mol. The lowest BCUT2D eigenvalue weighted by Gasteiger charge is -2.21. The fourth-order valence-electron chi connectivity index (χ4n) is 2.34. The molecule has 0 saturated heterocycles. The maximum Gasteiger partial charge on any atom is 0.123 e. The molecule has 0 aliphatic carbocycles. The van der Waals surface area contributed by atoms with Gasteiger partial charge in [-0.1, -0.05) is 13.0 Å². The average molecular weight is 272 g/mol. The van der Waals surface area contributed by atoms with E-state index in [4.69, 9.17) is 0 Å². The highest BCUT2D eigenvalue weighted by atomic mass is 19.1. The van der Waals surface area contributed by atoms with Crippen molar-refractivity contribution in [1.82, 2.24) is 10.3 Å². The summed E-state index contributed by atoms with van der Waals surface area (Å²) in [5, 5.41) is 3.50. The van der Waals surface area contributed by atoms with Crippen molar-refractivity contribution in [2.45, 2.75) is 33.2 Å². The molecular formula is C17H21FN2. The van der Waals surface area contributed by atoms with E-state index in [-0.39, 0.29) is 11.9 Å². The molecule has 2 nitrogen and oxygen atoms in total. The van der Waals surface area contributed by atoms with Gasteiger partial charge in [-0.25, -0.2) is 4.39 Å². The highest BCUT2D eigenvalue weighted by Gasteiger charge is 2.17. The zero-order chi connectivity index (χ0) is 14.5. The van der Waals surface area contributed by atoms with Crippen LogP contribution in [0.1, 0.15) is 41.8 Å². The summed E-state index contributed by atoms with van der Waals surface area (Å²) in [6.45, 7) is 7.02. The van der Waals surface area contributed by atoms with Crippen LogP contribution in [0.15, 0.2) is 36.5 Å². The van der Waals surface area contributed by atoms with Crippen LogP contribution in [0.25, 0.3) is 0 Å². The van der Waals surface area contributed by atoms with Crippen LogP contribution in [0.4, 0.5) is 4.39 Å². The van der Waals surface area contributed by atoms with Crippen LogP contribution in [-0.4, -0.2) is 11.5 Å². The molecule has 3 heteroatoms. The molecule has 0 spiro atoms. The number of aromatic nitrogens is 1. The lowest BCUT2D eigenvalue weighted by molar-refractivity contribution is 0.579. The van der Waals surface area contributed by atoms with Gasteiger partial charge in [-0.3, -0.25) is 4.98 Å². The molecule has 0 radical (unpaired) electrons. The quantitative estimate of drug-likeness (QED) is 0.892. The Bertz CT molecular complexity index is 581. The van der Waals surface area contributed by atoms with E-state index in [2.05, 4.69) is 30.2 Å². The Morgan fingerprint density at radius 1 is 1.20 bits per heavy atom. The topological polar surface area (TPSA) is 24.9 Å². The first-order valence-electron chi connectivity index (χ1n) is 7.03. The van der Waals surface area contributed by atoms with E-state index in [9.17, 15) is 4.39 Å². The van der Waals surface area contributed by atoms with Gasteiger partial charge in [0.15, 0.2) is 0 Å². The van der Waals surface area contributed by atoms with Gasteiger partial charge in [0.25, 0.3) is 0 Å². The number of hydrogen-bond donors (Lipinski definition) is 1. The molecule has 0 fully saturated rings. The predicted molar refractivity (Wildman–Crippen MR) is 80.2 cm³/mol. The van der Waals surface area contributed by atoms with Crippen molar-refractivity contribution in [3.05, 3.63) is 64.7 Å². The lowest BCUT2D eigenvalue weighted by Crippen LogP contribution is -2.25. The van der Waals surface area contributed by atoms with Gasteiger partial charge in [0.2, 0.25) is 0 Å². The van der Waals surface area contributed by atoms with Gasteiger partial charge in [0, 0.05) is 6.20 Å². The summed E-state index contributed by atoms with van der Waals surface area (Å²) >= 11 is 0. The lowest BCUT2D eigenvalue weighted by atomic mass is 9.97. The normalized spacial score (nSPS) is 12.4. The van der Waals surface area contributed by atoms with Crippen molar-refractivity contribution in [3.8, 4) is 0 Å². The molecule has 0 saturated carbocycles. The summed E-state index contributed by atoms with van der Waals surface area (Å²) in [4.78, 5) is 4.48. The molecule has 20 heavy (non-hydrogen) atoms. The highest BCUT2D eigenvalue weighted by molar-refractivity contribution is 5.35. The molecule has 0 aliphatic heterocycles. The van der Waals surface area contributed by atoms with Crippen molar-refractivity contribution in [3.63, 3.8) is 0 Å². The average Bonchev–Trinajstić information content (AvgIpc) is 2.41. The van der Waals surface area contributed by atoms with Gasteiger partial charge in [-0.05, 0) is 67.8 Å². The summed E-state index contributed by atoms with van der Waals surface area (Å²) in [6.07, 6.45) is 2.87. The molecule has 1 aromatic carbocycles.